The van der Waals surface area contributed by atoms with Gasteiger partial charge in [-0.3, -0.25) is 4.79 Å². The molecule has 0 fully saturated rings. The Morgan fingerprint density at radius 3 is 2.18 bits per heavy atom. The van der Waals surface area contributed by atoms with E-state index in [1.807, 2.05) is 33.8 Å². The number of ether oxygens (including phenoxy) is 3. The van der Waals surface area contributed by atoms with E-state index in [-0.39, 0.29) is 12.3 Å². The Balaban J connectivity index is 4.04. The smallest absolute Gasteiger partial charge is 0.311 e. The van der Waals surface area contributed by atoms with Crippen molar-refractivity contribution in [1.29, 1.82) is 0 Å². The van der Waals surface area contributed by atoms with Gasteiger partial charge in [0, 0.05) is 20.6 Å². The zero-order valence-electron chi connectivity index (χ0n) is 11.7. The molecule has 0 aliphatic heterocycles. The van der Waals surface area contributed by atoms with Crippen molar-refractivity contribution in [3.63, 3.8) is 0 Å². The highest BCUT2D eigenvalue weighted by Crippen LogP contribution is 2.15. The molecule has 17 heavy (non-hydrogen) atoms. The van der Waals surface area contributed by atoms with Gasteiger partial charge in [0.1, 0.15) is 6.61 Å². The summed E-state index contributed by atoms with van der Waals surface area (Å²) in [6, 6.07) is 0. The highest BCUT2D eigenvalue weighted by Gasteiger charge is 2.22. The van der Waals surface area contributed by atoms with Crippen molar-refractivity contribution in [2.45, 2.75) is 40.4 Å². The van der Waals surface area contributed by atoms with Crippen LogP contribution in [0.1, 0.15) is 34.1 Å². The standard InChI is InChI=1S/C13H24O4/c1-10(9-11(15-5)16-6)7-8-17-12(14)13(2,3)4/h7,11H,8-9H2,1-6H3/b10-7+. The number of methoxy groups -OCH3 is 2. The molecule has 100 valence electrons. The van der Waals surface area contributed by atoms with Crippen molar-refractivity contribution in [3.05, 3.63) is 11.6 Å². The van der Waals surface area contributed by atoms with Gasteiger partial charge in [-0.05, 0) is 33.8 Å². The topological polar surface area (TPSA) is 44.8 Å². The van der Waals surface area contributed by atoms with Crippen molar-refractivity contribution in [2.75, 3.05) is 20.8 Å². The molecule has 0 bridgehead atoms. The highest BCUT2D eigenvalue weighted by atomic mass is 16.7. The molecule has 4 heteroatoms. The molecule has 4 nitrogen and oxygen atoms in total. The largest absolute Gasteiger partial charge is 0.461 e. The lowest BCUT2D eigenvalue weighted by atomic mass is 9.97. The molecule has 0 rings (SSSR count). The van der Waals surface area contributed by atoms with Crippen LogP contribution >= 0.6 is 0 Å². The molecular weight excluding hydrogens is 220 g/mol. The Hall–Kier alpha value is -0.870. The molecule has 0 radical (unpaired) electrons. The minimum absolute atomic E-state index is 0.198. The number of hydrogen-bond acceptors (Lipinski definition) is 4. The SMILES string of the molecule is COC(C/C(C)=C/COC(=O)C(C)(C)C)OC. The molecule has 0 atom stereocenters. The minimum atomic E-state index is -0.455. The van der Waals surface area contributed by atoms with Gasteiger partial charge in [0.05, 0.1) is 5.41 Å². The molecule has 0 unspecified atom stereocenters. The van der Waals surface area contributed by atoms with Gasteiger partial charge < -0.3 is 14.2 Å². The molecule has 0 aromatic carbocycles. The van der Waals surface area contributed by atoms with Crippen LogP contribution in [0, 0.1) is 5.41 Å². The minimum Gasteiger partial charge on any atom is -0.461 e. The molecule has 0 amide bonds. The monoisotopic (exact) mass is 244 g/mol. The maximum atomic E-state index is 11.5. The van der Waals surface area contributed by atoms with Gasteiger partial charge in [0.25, 0.3) is 0 Å². The second kappa shape index (κ2) is 7.45. The fraction of sp³-hybridized carbons (Fsp3) is 0.769. The van der Waals surface area contributed by atoms with Crippen molar-refractivity contribution in [2.24, 2.45) is 5.41 Å². The summed E-state index contributed by atoms with van der Waals surface area (Å²) in [4.78, 5) is 11.5. The lowest BCUT2D eigenvalue weighted by molar-refractivity contribution is -0.151. The molecule has 0 saturated heterocycles. The van der Waals surface area contributed by atoms with Gasteiger partial charge in [-0.15, -0.1) is 0 Å². The van der Waals surface area contributed by atoms with Gasteiger partial charge in [0.15, 0.2) is 6.29 Å². The average molecular weight is 244 g/mol. The fourth-order valence-corrected chi connectivity index (χ4v) is 1.09. The number of esters is 1. The number of carbonyl (C=O) groups is 1. The predicted molar refractivity (Wildman–Crippen MR) is 66.6 cm³/mol. The summed E-state index contributed by atoms with van der Waals surface area (Å²) in [6.45, 7) is 7.74. The Morgan fingerprint density at radius 1 is 1.24 bits per heavy atom. The summed E-state index contributed by atoms with van der Waals surface area (Å²) in [5.74, 6) is -0.198. The Morgan fingerprint density at radius 2 is 1.76 bits per heavy atom. The zero-order valence-corrected chi connectivity index (χ0v) is 11.7. The van der Waals surface area contributed by atoms with E-state index >= 15 is 0 Å². The molecular formula is C13H24O4. The molecule has 0 aromatic heterocycles. The average Bonchev–Trinajstić information content (AvgIpc) is 2.24. The van der Waals surface area contributed by atoms with Crippen LogP contribution in [0.3, 0.4) is 0 Å². The third-order valence-electron chi connectivity index (χ3n) is 2.27. The van der Waals surface area contributed by atoms with Crippen LogP contribution in [0.25, 0.3) is 0 Å². The summed E-state index contributed by atoms with van der Waals surface area (Å²) in [5, 5.41) is 0. The molecule has 0 aliphatic rings. The molecule has 0 spiro atoms. The predicted octanol–water partition coefficient (Wildman–Crippen LogP) is 2.53. The van der Waals surface area contributed by atoms with E-state index in [1.165, 1.54) is 0 Å². The van der Waals surface area contributed by atoms with E-state index in [0.717, 1.165) is 5.57 Å². The first-order chi connectivity index (χ1) is 7.81. The van der Waals surface area contributed by atoms with Crippen LogP contribution in [0.2, 0.25) is 0 Å². The number of hydrogen-bond donors (Lipinski definition) is 0. The summed E-state index contributed by atoms with van der Waals surface area (Å²) in [6.07, 6.45) is 2.29. The van der Waals surface area contributed by atoms with Gasteiger partial charge >= 0.3 is 5.97 Å². The number of rotatable bonds is 6. The van der Waals surface area contributed by atoms with Crippen LogP contribution in [0.4, 0.5) is 0 Å². The first-order valence-electron chi connectivity index (χ1n) is 5.69. The Kier molecular flexibility index (Phi) is 7.07. The van der Waals surface area contributed by atoms with Gasteiger partial charge in [-0.2, -0.15) is 0 Å². The van der Waals surface area contributed by atoms with E-state index in [9.17, 15) is 4.79 Å². The van der Waals surface area contributed by atoms with Crippen molar-refractivity contribution >= 4 is 5.97 Å². The third kappa shape index (κ3) is 7.13. The Bertz CT molecular complexity index is 259. The molecule has 0 aliphatic carbocycles. The van der Waals surface area contributed by atoms with Crippen LogP contribution in [0.5, 0.6) is 0 Å². The van der Waals surface area contributed by atoms with Crippen molar-refractivity contribution in [1.82, 2.24) is 0 Å². The zero-order chi connectivity index (χ0) is 13.5. The van der Waals surface area contributed by atoms with Crippen molar-refractivity contribution in [3.8, 4) is 0 Å². The first-order valence-corrected chi connectivity index (χ1v) is 5.69. The van der Waals surface area contributed by atoms with Gasteiger partial charge in [0.2, 0.25) is 0 Å². The summed E-state index contributed by atoms with van der Waals surface area (Å²) in [5.41, 5.74) is 0.615. The van der Waals surface area contributed by atoms with E-state index in [0.29, 0.717) is 13.0 Å². The van der Waals surface area contributed by atoms with Crippen LogP contribution < -0.4 is 0 Å². The van der Waals surface area contributed by atoms with E-state index in [2.05, 4.69) is 0 Å². The molecule has 0 saturated carbocycles. The Labute approximate surface area is 104 Å². The van der Waals surface area contributed by atoms with E-state index < -0.39 is 5.41 Å². The summed E-state index contributed by atoms with van der Waals surface area (Å²) in [7, 11) is 3.20. The van der Waals surface area contributed by atoms with Gasteiger partial charge in [-0.1, -0.05) is 5.57 Å². The maximum absolute atomic E-state index is 11.5. The van der Waals surface area contributed by atoms with Crippen LogP contribution in [0.15, 0.2) is 11.6 Å². The fourth-order valence-electron chi connectivity index (χ4n) is 1.09. The van der Waals surface area contributed by atoms with E-state index in [1.54, 1.807) is 14.2 Å². The lowest BCUT2D eigenvalue weighted by Gasteiger charge is -2.16. The molecule has 0 aromatic rings. The molecule has 0 heterocycles. The van der Waals surface area contributed by atoms with Crippen LogP contribution in [-0.2, 0) is 19.0 Å². The molecule has 0 N–H and O–H groups in total. The second-order valence-corrected chi connectivity index (χ2v) is 5.00. The quantitative estimate of drug-likeness (QED) is 0.409. The third-order valence-corrected chi connectivity index (χ3v) is 2.27. The summed E-state index contributed by atoms with van der Waals surface area (Å²) < 4.78 is 15.3. The maximum Gasteiger partial charge on any atom is 0.311 e. The number of carbonyl (C=O) groups excluding carboxylic acids is 1. The first kappa shape index (κ1) is 16.1. The summed E-state index contributed by atoms with van der Waals surface area (Å²) >= 11 is 0. The van der Waals surface area contributed by atoms with Crippen LogP contribution in [-0.4, -0.2) is 33.1 Å². The lowest BCUT2D eigenvalue weighted by Crippen LogP contribution is -2.23. The van der Waals surface area contributed by atoms with Crippen molar-refractivity contribution < 1.29 is 19.0 Å². The van der Waals surface area contributed by atoms with Gasteiger partial charge in [-0.25, -0.2) is 0 Å². The van der Waals surface area contributed by atoms with E-state index in [4.69, 9.17) is 14.2 Å². The normalized spacial score (nSPS) is 13.0. The second-order valence-electron chi connectivity index (χ2n) is 5.00. The highest BCUT2D eigenvalue weighted by molar-refractivity contribution is 5.75.